The van der Waals surface area contributed by atoms with Crippen LogP contribution in [-0.2, 0) is 6.54 Å². The van der Waals surface area contributed by atoms with Crippen molar-refractivity contribution in [1.29, 1.82) is 0 Å². The van der Waals surface area contributed by atoms with E-state index < -0.39 is 0 Å². The van der Waals surface area contributed by atoms with Crippen LogP contribution in [-0.4, -0.2) is 77.2 Å². The summed E-state index contributed by atoms with van der Waals surface area (Å²) in [5.41, 5.74) is 5.95. The number of amides is 2. The number of aromatic nitrogens is 6. The lowest BCUT2D eigenvalue weighted by atomic mass is 10.0. The van der Waals surface area contributed by atoms with Gasteiger partial charge in [-0.1, -0.05) is 48.6 Å². The van der Waals surface area contributed by atoms with Gasteiger partial charge >= 0.3 is 6.03 Å². The van der Waals surface area contributed by atoms with Crippen LogP contribution in [0.25, 0.3) is 59.8 Å². The predicted octanol–water partition coefficient (Wildman–Crippen LogP) is 7.29. The lowest BCUT2D eigenvalue weighted by Crippen LogP contribution is -2.57. The second-order valence-electron chi connectivity index (χ2n) is 13.3. The van der Waals surface area contributed by atoms with E-state index in [1.807, 2.05) is 70.7 Å². The second kappa shape index (κ2) is 13.7. The summed E-state index contributed by atoms with van der Waals surface area (Å²) in [4.78, 5) is 44.8. The summed E-state index contributed by atoms with van der Waals surface area (Å²) < 4.78 is 3.65. The number of anilines is 1. The highest BCUT2D eigenvalue weighted by molar-refractivity contribution is 7.19. The Morgan fingerprint density at radius 2 is 1.51 bits per heavy atom. The van der Waals surface area contributed by atoms with E-state index in [2.05, 4.69) is 73.6 Å². The van der Waals surface area contributed by atoms with Gasteiger partial charge in [-0.2, -0.15) is 5.10 Å². The van der Waals surface area contributed by atoms with Crippen molar-refractivity contribution < 1.29 is 4.79 Å². The second-order valence-corrected chi connectivity index (χ2v) is 14.3. The monoisotopic (exact) mass is 717 g/mol. The lowest BCUT2D eigenvalue weighted by molar-refractivity contribution is 0.0883. The third-order valence-electron chi connectivity index (χ3n) is 10.1. The van der Waals surface area contributed by atoms with E-state index in [1.165, 1.54) is 11.3 Å². The number of hydrogen-bond acceptors (Lipinski definition) is 8. The zero-order chi connectivity index (χ0) is 35.9. The van der Waals surface area contributed by atoms with Gasteiger partial charge in [-0.15, -0.1) is 0 Å². The Labute approximate surface area is 308 Å². The summed E-state index contributed by atoms with van der Waals surface area (Å²) in [6.45, 7) is 5.17. The Bertz CT molecular complexity index is 2700. The smallest absolute Gasteiger partial charge is 0.322 e. The van der Waals surface area contributed by atoms with Crippen LogP contribution in [0.4, 0.5) is 9.93 Å². The first-order chi connectivity index (χ1) is 26.0. The maximum atomic E-state index is 13.5. The fourth-order valence-electron chi connectivity index (χ4n) is 7.24. The van der Waals surface area contributed by atoms with Crippen molar-refractivity contribution in [3.63, 3.8) is 0 Å². The van der Waals surface area contributed by atoms with Gasteiger partial charge in [0, 0.05) is 104 Å². The van der Waals surface area contributed by atoms with Gasteiger partial charge in [0.1, 0.15) is 0 Å². The molecule has 0 saturated carbocycles. The molecule has 0 bridgehead atoms. The Balaban J connectivity index is 0.908. The number of thiazole rings is 1. The summed E-state index contributed by atoms with van der Waals surface area (Å²) >= 11 is 1.45. The fraction of sp³-hybridized carbons (Fsp3) is 0.171. The Morgan fingerprint density at radius 3 is 2.30 bits per heavy atom. The number of fused-ring (bicyclic) bond motifs is 3. The maximum Gasteiger partial charge on any atom is 0.323 e. The van der Waals surface area contributed by atoms with Crippen LogP contribution in [0.5, 0.6) is 0 Å². The number of rotatable bonds is 7. The van der Waals surface area contributed by atoms with E-state index in [4.69, 9.17) is 0 Å². The van der Waals surface area contributed by atoms with Crippen molar-refractivity contribution in [3.8, 4) is 32.7 Å². The molecule has 1 aliphatic heterocycles. The van der Waals surface area contributed by atoms with E-state index in [-0.39, 0.29) is 17.6 Å². The molecule has 1 fully saturated rings. The normalized spacial score (nSPS) is 15.0. The van der Waals surface area contributed by atoms with Gasteiger partial charge < -0.3 is 9.47 Å². The first kappa shape index (κ1) is 32.7. The molecule has 1 N–H and O–H groups in total. The third kappa shape index (κ3) is 6.43. The molecule has 1 aliphatic rings. The molecule has 12 heteroatoms. The maximum absolute atomic E-state index is 13.5. The van der Waals surface area contributed by atoms with E-state index in [0.29, 0.717) is 31.3 Å². The quantitative estimate of drug-likeness (QED) is 0.184. The Hall–Kier alpha value is -6.24. The molecule has 1 unspecified atom stereocenters. The number of pyridine rings is 4. The van der Waals surface area contributed by atoms with Crippen molar-refractivity contribution in [2.45, 2.75) is 19.5 Å². The average Bonchev–Trinajstić information content (AvgIpc) is 3.85. The first-order valence-corrected chi connectivity index (χ1v) is 18.4. The topological polar surface area (TPSA) is 114 Å². The minimum Gasteiger partial charge on any atom is -0.322 e. The minimum absolute atomic E-state index is 0.0414. The summed E-state index contributed by atoms with van der Waals surface area (Å²) in [5.74, 6) is 0. The molecule has 7 heterocycles. The zero-order valence-electron chi connectivity index (χ0n) is 29.0. The number of piperazine rings is 1. The Morgan fingerprint density at radius 1 is 0.792 bits per heavy atom. The van der Waals surface area contributed by atoms with Crippen molar-refractivity contribution >= 4 is 49.6 Å². The summed E-state index contributed by atoms with van der Waals surface area (Å²) in [7, 11) is 0. The van der Waals surface area contributed by atoms with Gasteiger partial charge in [-0.25, -0.2) is 14.3 Å². The summed E-state index contributed by atoms with van der Waals surface area (Å²) in [6.07, 6.45) is 14.9. The van der Waals surface area contributed by atoms with Crippen LogP contribution in [0.2, 0.25) is 0 Å². The van der Waals surface area contributed by atoms with Gasteiger partial charge in [-0.3, -0.25) is 25.0 Å². The number of likely N-dealkylation sites (N-methyl/N-ethyl adjacent to an activating group) is 1. The van der Waals surface area contributed by atoms with Crippen LogP contribution in [0.1, 0.15) is 6.92 Å². The SMILES string of the molecule is CCN1CCN(C(=O)Nc2ncc(-c3ccc4cnccc4c3)s2)CC1Cn1cc(-c2ccc3c(-c4ccc5cnccc5c4)cnn3c2)ccc1=O. The molecule has 53 heavy (non-hydrogen) atoms. The molecule has 2 amide bonds. The van der Waals surface area contributed by atoms with Gasteiger partial charge in [0.25, 0.3) is 5.56 Å². The number of nitrogens with one attached hydrogen (secondary N) is 1. The lowest BCUT2D eigenvalue weighted by Gasteiger charge is -2.41. The van der Waals surface area contributed by atoms with Crippen molar-refractivity contribution in [3.05, 3.63) is 133 Å². The largest absolute Gasteiger partial charge is 0.323 e. The molecular formula is C41H35N9O2S. The van der Waals surface area contributed by atoms with Crippen molar-refractivity contribution in [2.24, 2.45) is 0 Å². The highest BCUT2D eigenvalue weighted by Crippen LogP contribution is 2.32. The average molecular weight is 718 g/mol. The van der Waals surface area contributed by atoms with Crippen LogP contribution in [0.3, 0.4) is 0 Å². The zero-order valence-corrected chi connectivity index (χ0v) is 29.8. The standard InChI is InChI=1S/C41H35N9O2S/c1-2-47-15-16-48(41(52)46-40-44-22-38(53-40)30-4-6-32-20-43-14-12-28(32)18-30)25-35(47)26-49-23-33(8-10-39(49)51)34-7-9-37-36(21-45-50(37)24-34)29-3-5-31-19-42-13-11-27(31)17-29/h3-14,17-24,35H,2,15-16,25-26H2,1H3,(H,44,46,52). The molecule has 0 radical (unpaired) electrons. The molecule has 0 aliphatic carbocycles. The first-order valence-electron chi connectivity index (χ1n) is 17.6. The van der Waals surface area contributed by atoms with Crippen LogP contribution in [0, 0.1) is 0 Å². The van der Waals surface area contributed by atoms with Crippen molar-refractivity contribution in [1.82, 2.24) is 38.9 Å². The highest BCUT2D eigenvalue weighted by Gasteiger charge is 2.30. The predicted molar refractivity (Wildman–Crippen MR) is 210 cm³/mol. The number of hydrogen-bond donors (Lipinski definition) is 1. The molecule has 9 rings (SSSR count). The molecule has 8 aromatic rings. The highest BCUT2D eigenvalue weighted by atomic mass is 32.1. The number of nitrogens with zero attached hydrogens (tertiary/aromatic N) is 8. The van der Waals surface area contributed by atoms with Crippen molar-refractivity contribution in [2.75, 3.05) is 31.5 Å². The Kier molecular flexibility index (Phi) is 8.45. The molecule has 1 saturated heterocycles. The summed E-state index contributed by atoms with van der Waals surface area (Å²) in [5, 5.41) is 12.6. The van der Waals surface area contributed by atoms with Gasteiger partial charge in [0.15, 0.2) is 5.13 Å². The number of carbonyl (C=O) groups excluding carboxylic acids is 1. The summed E-state index contributed by atoms with van der Waals surface area (Å²) in [6, 6.07) is 23.9. The molecule has 2 aromatic carbocycles. The van der Waals surface area contributed by atoms with Gasteiger partial charge in [0.2, 0.25) is 0 Å². The molecule has 0 spiro atoms. The minimum atomic E-state index is -0.190. The fourth-order valence-corrected chi connectivity index (χ4v) is 8.04. The van der Waals surface area contributed by atoms with Crippen LogP contribution < -0.4 is 10.9 Å². The molecule has 6 aromatic heterocycles. The van der Waals surface area contributed by atoms with Crippen LogP contribution in [0.15, 0.2) is 127 Å². The molecule has 11 nitrogen and oxygen atoms in total. The number of benzene rings is 2. The van der Waals surface area contributed by atoms with E-state index in [1.54, 1.807) is 29.2 Å². The third-order valence-corrected chi connectivity index (χ3v) is 11.1. The molecule has 262 valence electrons. The molecular weight excluding hydrogens is 683 g/mol. The van der Waals surface area contributed by atoms with Crippen LogP contribution >= 0.6 is 11.3 Å². The van der Waals surface area contributed by atoms with E-state index in [0.717, 1.165) is 66.3 Å². The number of urea groups is 1. The van der Waals surface area contributed by atoms with E-state index in [9.17, 15) is 9.59 Å². The molecule has 1 atom stereocenters. The van der Waals surface area contributed by atoms with E-state index >= 15 is 0 Å². The number of carbonyl (C=O) groups is 1. The van der Waals surface area contributed by atoms with Gasteiger partial charge in [0.05, 0.1) is 16.6 Å². The van der Waals surface area contributed by atoms with Gasteiger partial charge in [-0.05, 0) is 70.4 Å².